The highest BCUT2D eigenvalue weighted by atomic mass is 16.5. The molecule has 0 amide bonds. The lowest BCUT2D eigenvalue weighted by atomic mass is 10.1. The van der Waals surface area contributed by atoms with Crippen LogP contribution in [0, 0.1) is 18.3 Å². The van der Waals surface area contributed by atoms with Crippen molar-refractivity contribution in [2.75, 3.05) is 25.1 Å². The number of methoxy groups -OCH3 is 1. The summed E-state index contributed by atoms with van der Waals surface area (Å²) in [5.41, 5.74) is 1.35. The molecule has 1 aromatic heterocycles. The highest BCUT2D eigenvalue weighted by molar-refractivity contribution is 5.76. The summed E-state index contributed by atoms with van der Waals surface area (Å²) in [6, 6.07) is 3.89. The molecule has 0 saturated heterocycles. The molecular formula is C12H15N3O2. The number of anilines is 1. The molecule has 0 aliphatic rings. The molecule has 1 aromatic rings. The van der Waals surface area contributed by atoms with E-state index < -0.39 is 0 Å². The van der Waals surface area contributed by atoms with Gasteiger partial charge in [0.2, 0.25) is 0 Å². The van der Waals surface area contributed by atoms with Crippen LogP contribution in [0.2, 0.25) is 0 Å². The van der Waals surface area contributed by atoms with Crippen LogP contribution in [-0.4, -0.2) is 31.2 Å². The van der Waals surface area contributed by atoms with Gasteiger partial charge in [0.05, 0.1) is 12.7 Å². The first-order valence-electron chi connectivity index (χ1n) is 5.31. The van der Waals surface area contributed by atoms with Crippen LogP contribution >= 0.6 is 0 Å². The average Bonchev–Trinajstić information content (AvgIpc) is 2.35. The first kappa shape index (κ1) is 13.0. The predicted molar refractivity (Wildman–Crippen MR) is 63.6 cm³/mol. The van der Waals surface area contributed by atoms with Crippen LogP contribution in [0.5, 0.6) is 0 Å². The summed E-state index contributed by atoms with van der Waals surface area (Å²) in [5, 5.41) is 9.10. The summed E-state index contributed by atoms with van der Waals surface area (Å²) >= 11 is 0. The van der Waals surface area contributed by atoms with Crippen molar-refractivity contribution in [3.63, 3.8) is 0 Å². The minimum Gasteiger partial charge on any atom is -0.468 e. The molecule has 0 atom stereocenters. The summed E-state index contributed by atoms with van der Waals surface area (Å²) in [5.74, 6) is 0.180. The van der Waals surface area contributed by atoms with Gasteiger partial charge in [0.15, 0.2) is 0 Å². The molecule has 5 nitrogen and oxygen atoms in total. The molecule has 0 N–H and O–H groups in total. The molecule has 17 heavy (non-hydrogen) atoms. The Labute approximate surface area is 101 Å². The maximum absolute atomic E-state index is 11.3. The summed E-state index contributed by atoms with van der Waals surface area (Å²) in [4.78, 5) is 17.1. The van der Waals surface area contributed by atoms with Gasteiger partial charge in [0.25, 0.3) is 0 Å². The van der Waals surface area contributed by atoms with E-state index in [0.29, 0.717) is 17.9 Å². The fourth-order valence-electron chi connectivity index (χ4n) is 1.48. The van der Waals surface area contributed by atoms with E-state index >= 15 is 0 Å². The Morgan fingerprint density at radius 1 is 1.65 bits per heavy atom. The minimum absolute atomic E-state index is 0.0954. The van der Waals surface area contributed by atoms with Crippen LogP contribution in [0.1, 0.15) is 18.1 Å². The van der Waals surface area contributed by atoms with Crippen molar-refractivity contribution in [2.45, 2.75) is 13.8 Å². The Morgan fingerprint density at radius 3 is 2.88 bits per heavy atom. The molecule has 0 aliphatic carbocycles. The molecule has 0 bridgehead atoms. The van der Waals surface area contributed by atoms with E-state index in [9.17, 15) is 4.79 Å². The number of carbonyl (C=O) groups excluding carboxylic acids is 1. The molecule has 0 saturated carbocycles. The summed E-state index contributed by atoms with van der Waals surface area (Å²) < 4.78 is 4.62. The number of aromatic nitrogens is 1. The average molecular weight is 233 g/mol. The van der Waals surface area contributed by atoms with Gasteiger partial charge in [-0.3, -0.25) is 4.79 Å². The summed E-state index contributed by atoms with van der Waals surface area (Å²) in [6.07, 6.45) is 1.63. The molecule has 1 rings (SSSR count). The van der Waals surface area contributed by atoms with Crippen LogP contribution in [0.3, 0.4) is 0 Å². The lowest BCUT2D eigenvalue weighted by molar-refractivity contribution is -0.138. The van der Waals surface area contributed by atoms with E-state index in [-0.39, 0.29) is 12.5 Å². The van der Waals surface area contributed by atoms with Gasteiger partial charge < -0.3 is 9.64 Å². The number of pyridine rings is 1. The number of likely N-dealkylation sites (N-methyl/N-ethyl adjacent to an activating group) is 1. The van der Waals surface area contributed by atoms with Crippen LogP contribution in [-0.2, 0) is 9.53 Å². The van der Waals surface area contributed by atoms with Gasteiger partial charge in [-0.1, -0.05) is 0 Å². The lowest BCUT2D eigenvalue weighted by Gasteiger charge is -2.21. The van der Waals surface area contributed by atoms with E-state index in [1.165, 1.54) is 7.11 Å². The highest BCUT2D eigenvalue weighted by Crippen LogP contribution is 2.19. The van der Waals surface area contributed by atoms with Crippen molar-refractivity contribution < 1.29 is 9.53 Å². The molecule has 1 heterocycles. The van der Waals surface area contributed by atoms with Gasteiger partial charge in [0, 0.05) is 12.7 Å². The number of aryl methyl sites for hydroxylation is 1. The number of nitriles is 1. The number of ether oxygens (including phenoxy) is 1. The molecule has 0 aromatic carbocycles. The molecule has 90 valence electrons. The van der Waals surface area contributed by atoms with Crippen molar-refractivity contribution in [3.8, 4) is 6.07 Å². The van der Waals surface area contributed by atoms with Crippen molar-refractivity contribution in [3.05, 3.63) is 23.4 Å². The van der Waals surface area contributed by atoms with Crippen LogP contribution < -0.4 is 4.90 Å². The second-order valence-electron chi connectivity index (χ2n) is 3.53. The first-order valence-corrected chi connectivity index (χ1v) is 5.31. The third-order valence-corrected chi connectivity index (χ3v) is 2.48. The Morgan fingerprint density at radius 2 is 2.35 bits per heavy atom. The number of rotatable bonds is 4. The zero-order chi connectivity index (χ0) is 12.8. The number of nitrogens with zero attached hydrogens (tertiary/aromatic N) is 3. The smallest absolute Gasteiger partial charge is 0.325 e. The zero-order valence-corrected chi connectivity index (χ0v) is 10.2. The third-order valence-electron chi connectivity index (χ3n) is 2.48. The van der Waals surface area contributed by atoms with Gasteiger partial charge in [-0.2, -0.15) is 5.26 Å². The maximum Gasteiger partial charge on any atom is 0.325 e. The van der Waals surface area contributed by atoms with Gasteiger partial charge in [-0.05, 0) is 25.5 Å². The molecule has 0 aliphatic heterocycles. The van der Waals surface area contributed by atoms with Crippen LogP contribution in [0.25, 0.3) is 0 Å². The topological polar surface area (TPSA) is 66.2 Å². The normalized spacial score (nSPS) is 9.53. The van der Waals surface area contributed by atoms with Crippen molar-refractivity contribution in [2.24, 2.45) is 0 Å². The second kappa shape index (κ2) is 5.85. The SMILES string of the molecule is CCN(CC(=O)OC)c1nccc(C)c1C#N. The Hall–Kier alpha value is -2.09. The monoisotopic (exact) mass is 233 g/mol. The molecule has 0 fully saturated rings. The third kappa shape index (κ3) is 2.94. The lowest BCUT2D eigenvalue weighted by Crippen LogP contribution is -2.31. The van der Waals surface area contributed by atoms with Crippen LogP contribution in [0.4, 0.5) is 5.82 Å². The summed E-state index contributed by atoms with van der Waals surface area (Å²) in [7, 11) is 1.34. The number of hydrogen-bond donors (Lipinski definition) is 0. The van der Waals surface area contributed by atoms with E-state index in [2.05, 4.69) is 15.8 Å². The van der Waals surface area contributed by atoms with E-state index in [4.69, 9.17) is 5.26 Å². The van der Waals surface area contributed by atoms with Crippen molar-refractivity contribution in [1.82, 2.24) is 4.98 Å². The Bertz CT molecular complexity index is 452. The molecule has 0 spiro atoms. The van der Waals surface area contributed by atoms with E-state index in [0.717, 1.165) is 5.56 Å². The predicted octanol–water partition coefficient (Wildman–Crippen LogP) is 1.26. The molecule has 0 radical (unpaired) electrons. The minimum atomic E-state index is -0.348. The Balaban J connectivity index is 3.08. The van der Waals surface area contributed by atoms with Gasteiger partial charge >= 0.3 is 5.97 Å². The quantitative estimate of drug-likeness (QED) is 0.732. The molecule has 0 unspecified atom stereocenters. The van der Waals surface area contributed by atoms with Crippen molar-refractivity contribution in [1.29, 1.82) is 5.26 Å². The number of esters is 1. The fraction of sp³-hybridized carbons (Fsp3) is 0.417. The fourth-order valence-corrected chi connectivity index (χ4v) is 1.48. The first-order chi connectivity index (χ1) is 8.13. The Kier molecular flexibility index (Phi) is 4.46. The zero-order valence-electron chi connectivity index (χ0n) is 10.2. The second-order valence-corrected chi connectivity index (χ2v) is 3.53. The van der Waals surface area contributed by atoms with Gasteiger partial charge in [0.1, 0.15) is 18.4 Å². The molecular weight excluding hydrogens is 218 g/mol. The van der Waals surface area contributed by atoms with Gasteiger partial charge in [-0.25, -0.2) is 4.98 Å². The van der Waals surface area contributed by atoms with Crippen LogP contribution in [0.15, 0.2) is 12.3 Å². The maximum atomic E-state index is 11.3. The number of hydrogen-bond acceptors (Lipinski definition) is 5. The highest BCUT2D eigenvalue weighted by Gasteiger charge is 2.16. The van der Waals surface area contributed by atoms with Gasteiger partial charge in [-0.15, -0.1) is 0 Å². The number of carbonyl (C=O) groups is 1. The summed E-state index contributed by atoms with van der Waals surface area (Å²) in [6.45, 7) is 4.42. The molecule has 5 heteroatoms. The standard InChI is InChI=1S/C12H15N3O2/c1-4-15(8-11(16)17-3)12-10(7-13)9(2)5-6-14-12/h5-6H,4,8H2,1-3H3. The van der Waals surface area contributed by atoms with Crippen molar-refractivity contribution >= 4 is 11.8 Å². The largest absolute Gasteiger partial charge is 0.468 e. The van der Waals surface area contributed by atoms with E-state index in [1.807, 2.05) is 13.8 Å². The van der Waals surface area contributed by atoms with E-state index in [1.54, 1.807) is 17.2 Å².